The molecule has 0 radical (unpaired) electrons. The lowest BCUT2D eigenvalue weighted by atomic mass is 10.1. The molecule has 0 aromatic heterocycles. The molecule has 2 amide bonds. The van der Waals surface area contributed by atoms with E-state index in [1.54, 1.807) is 24.3 Å². The van der Waals surface area contributed by atoms with Gasteiger partial charge in [-0.1, -0.05) is 17.2 Å². The van der Waals surface area contributed by atoms with E-state index in [9.17, 15) is 14.4 Å². The third-order valence-electron chi connectivity index (χ3n) is 4.30. The van der Waals surface area contributed by atoms with E-state index < -0.39 is 17.8 Å². The summed E-state index contributed by atoms with van der Waals surface area (Å²) in [6.45, 7) is 0. The zero-order chi connectivity index (χ0) is 13.2. The van der Waals surface area contributed by atoms with Crippen LogP contribution in [0.2, 0.25) is 0 Å². The van der Waals surface area contributed by atoms with E-state index in [0.29, 0.717) is 5.06 Å². The number of benzene rings is 1. The number of imide groups is 1. The summed E-state index contributed by atoms with van der Waals surface area (Å²) < 4.78 is 0. The van der Waals surface area contributed by atoms with Gasteiger partial charge in [0.1, 0.15) is 0 Å². The first-order valence-electron chi connectivity index (χ1n) is 6.32. The highest BCUT2D eigenvalue weighted by Gasteiger charge is 2.67. The van der Waals surface area contributed by atoms with Crippen LogP contribution in [0.1, 0.15) is 40.0 Å². The Morgan fingerprint density at radius 2 is 1.74 bits per heavy atom. The summed E-state index contributed by atoms with van der Waals surface area (Å²) in [6, 6.07) is 6.47. The molecule has 1 unspecified atom stereocenters. The maximum absolute atomic E-state index is 12.0. The Kier molecular flexibility index (Phi) is 1.82. The van der Waals surface area contributed by atoms with Gasteiger partial charge in [0.25, 0.3) is 11.8 Å². The molecule has 3 aliphatic rings. The molecule has 96 valence electrons. The molecule has 0 N–H and O–H groups in total. The van der Waals surface area contributed by atoms with Crippen LogP contribution < -0.4 is 0 Å². The maximum atomic E-state index is 12.0. The molecule has 0 saturated heterocycles. The Morgan fingerprint density at radius 3 is 2.21 bits per heavy atom. The van der Waals surface area contributed by atoms with Gasteiger partial charge in [-0.3, -0.25) is 9.59 Å². The van der Waals surface area contributed by atoms with Gasteiger partial charge in [0.15, 0.2) is 0 Å². The lowest BCUT2D eigenvalue weighted by Crippen LogP contribution is -2.33. The summed E-state index contributed by atoms with van der Waals surface area (Å²) >= 11 is 0. The van der Waals surface area contributed by atoms with Gasteiger partial charge in [0.2, 0.25) is 0 Å². The summed E-state index contributed by atoms with van der Waals surface area (Å²) in [5, 5.41) is 0.599. The Morgan fingerprint density at radius 1 is 1.16 bits per heavy atom. The van der Waals surface area contributed by atoms with E-state index in [2.05, 4.69) is 0 Å². The Hall–Kier alpha value is -2.17. The van der Waals surface area contributed by atoms with Crippen LogP contribution in [-0.2, 0) is 9.63 Å². The van der Waals surface area contributed by atoms with Gasteiger partial charge >= 0.3 is 5.97 Å². The summed E-state index contributed by atoms with van der Waals surface area (Å²) in [6.07, 6.45) is 2.93. The summed E-state index contributed by atoms with van der Waals surface area (Å²) in [5.41, 5.74) is 0.727. The molecule has 1 aromatic rings. The fraction of sp³-hybridized carbons (Fsp3) is 0.357. The number of carbonyl (C=O) groups excluding carboxylic acids is 3. The lowest BCUT2D eigenvalue weighted by molar-refractivity contribution is -0.170. The molecule has 1 atom stereocenters. The number of amides is 2. The first-order chi connectivity index (χ1) is 9.12. The smallest absolute Gasteiger partial charge is 0.329 e. The molecule has 1 aliphatic heterocycles. The second-order valence-electron chi connectivity index (χ2n) is 5.48. The largest absolute Gasteiger partial charge is 0.336 e. The van der Waals surface area contributed by atoms with E-state index >= 15 is 0 Å². The first kappa shape index (κ1) is 10.7. The molecule has 2 aliphatic carbocycles. The Balaban J connectivity index is 1.55. The predicted molar refractivity (Wildman–Crippen MR) is 62.8 cm³/mol. The van der Waals surface area contributed by atoms with E-state index in [-0.39, 0.29) is 22.5 Å². The quantitative estimate of drug-likeness (QED) is 0.754. The second kappa shape index (κ2) is 3.23. The van der Waals surface area contributed by atoms with Gasteiger partial charge in [-0.15, -0.1) is 0 Å². The fourth-order valence-electron chi connectivity index (χ4n) is 2.80. The molecule has 19 heavy (non-hydrogen) atoms. The molecule has 5 nitrogen and oxygen atoms in total. The van der Waals surface area contributed by atoms with Crippen molar-refractivity contribution in [3.05, 3.63) is 35.4 Å². The highest BCUT2D eigenvalue weighted by Crippen LogP contribution is 2.70. The third kappa shape index (κ3) is 1.38. The Labute approximate surface area is 109 Å². The van der Waals surface area contributed by atoms with Gasteiger partial charge in [0, 0.05) is 0 Å². The van der Waals surface area contributed by atoms with Crippen molar-refractivity contribution in [3.63, 3.8) is 0 Å². The minimum absolute atomic E-state index is 0.128. The van der Waals surface area contributed by atoms with Crippen molar-refractivity contribution < 1.29 is 19.2 Å². The number of hydroxylamine groups is 2. The van der Waals surface area contributed by atoms with Gasteiger partial charge in [-0.25, -0.2) is 4.79 Å². The summed E-state index contributed by atoms with van der Waals surface area (Å²) in [4.78, 5) is 40.9. The van der Waals surface area contributed by atoms with Gasteiger partial charge in [-0.05, 0) is 36.8 Å². The zero-order valence-electron chi connectivity index (χ0n) is 10.1. The van der Waals surface area contributed by atoms with Gasteiger partial charge < -0.3 is 4.84 Å². The normalized spacial score (nSPS) is 25.5. The van der Waals surface area contributed by atoms with Crippen molar-refractivity contribution in [1.82, 2.24) is 5.06 Å². The minimum Gasteiger partial charge on any atom is -0.329 e. The second-order valence-corrected chi connectivity index (χ2v) is 5.48. The molecular formula is C14H11NO4. The maximum Gasteiger partial charge on any atom is 0.336 e. The average molecular weight is 257 g/mol. The highest BCUT2D eigenvalue weighted by atomic mass is 16.7. The third-order valence-corrected chi connectivity index (χ3v) is 4.30. The van der Waals surface area contributed by atoms with Crippen molar-refractivity contribution in [2.24, 2.45) is 11.3 Å². The molecule has 2 fully saturated rings. The van der Waals surface area contributed by atoms with Crippen molar-refractivity contribution in [3.8, 4) is 0 Å². The molecule has 1 heterocycles. The summed E-state index contributed by atoms with van der Waals surface area (Å²) in [7, 11) is 0. The number of hydrogen-bond donors (Lipinski definition) is 0. The van der Waals surface area contributed by atoms with Crippen LogP contribution in [0, 0.1) is 11.3 Å². The van der Waals surface area contributed by atoms with Gasteiger partial charge in [0.05, 0.1) is 17.0 Å². The highest BCUT2D eigenvalue weighted by molar-refractivity contribution is 6.20. The number of hydrogen-bond acceptors (Lipinski definition) is 4. The van der Waals surface area contributed by atoms with Crippen LogP contribution in [0.4, 0.5) is 0 Å². The monoisotopic (exact) mass is 257 g/mol. The van der Waals surface area contributed by atoms with E-state index in [1.165, 1.54) is 0 Å². The topological polar surface area (TPSA) is 63.7 Å². The number of rotatable bonds is 2. The number of carbonyl (C=O) groups is 3. The van der Waals surface area contributed by atoms with Crippen molar-refractivity contribution >= 4 is 17.8 Å². The van der Waals surface area contributed by atoms with Gasteiger partial charge in [-0.2, -0.15) is 0 Å². The molecule has 5 heteroatoms. The van der Waals surface area contributed by atoms with Crippen LogP contribution >= 0.6 is 0 Å². The molecule has 1 aromatic carbocycles. The molecule has 4 rings (SSSR count). The predicted octanol–water partition coefficient (Wildman–Crippen LogP) is 1.54. The van der Waals surface area contributed by atoms with E-state index in [0.717, 1.165) is 19.3 Å². The van der Waals surface area contributed by atoms with Crippen LogP contribution in [0.25, 0.3) is 0 Å². The number of nitrogens with zero attached hydrogens (tertiary/aromatic N) is 1. The minimum atomic E-state index is -0.556. The average Bonchev–Trinajstić information content (AvgIpc) is 3.33. The standard InChI is InChI=1S/C14H11NO4/c16-11-8-3-1-2-4-9(8)12(17)15(11)19-13(18)10-7-14(10)5-6-14/h1-4,10H,5-7H2. The lowest BCUT2D eigenvalue weighted by Gasteiger charge is -2.12. The SMILES string of the molecule is O=C(ON1C(=O)c2ccccc2C1=O)C1CC12CC2. The van der Waals surface area contributed by atoms with Crippen LogP contribution in [-0.4, -0.2) is 22.8 Å². The van der Waals surface area contributed by atoms with E-state index in [4.69, 9.17) is 4.84 Å². The summed E-state index contributed by atoms with van der Waals surface area (Å²) in [5.74, 6) is -1.69. The van der Waals surface area contributed by atoms with Crippen molar-refractivity contribution in [1.29, 1.82) is 0 Å². The fourth-order valence-corrected chi connectivity index (χ4v) is 2.80. The van der Waals surface area contributed by atoms with Crippen LogP contribution in [0.5, 0.6) is 0 Å². The molecule has 2 saturated carbocycles. The number of fused-ring (bicyclic) bond motifs is 1. The zero-order valence-corrected chi connectivity index (χ0v) is 10.1. The molecule has 0 bridgehead atoms. The molecular weight excluding hydrogens is 246 g/mol. The Bertz CT molecular complexity index is 597. The first-order valence-corrected chi connectivity index (χ1v) is 6.32. The van der Waals surface area contributed by atoms with Crippen LogP contribution in [0.3, 0.4) is 0 Å². The van der Waals surface area contributed by atoms with Crippen molar-refractivity contribution in [2.75, 3.05) is 0 Å². The van der Waals surface area contributed by atoms with E-state index in [1.807, 2.05) is 0 Å². The van der Waals surface area contributed by atoms with Crippen LogP contribution in [0.15, 0.2) is 24.3 Å². The van der Waals surface area contributed by atoms with Crippen molar-refractivity contribution in [2.45, 2.75) is 19.3 Å². The molecule has 1 spiro atoms.